The van der Waals surface area contributed by atoms with Crippen LogP contribution < -0.4 is 20.3 Å². The molecular weight excluding hydrogens is 461 g/mol. The Morgan fingerprint density at radius 1 is 1.03 bits per heavy atom. The van der Waals surface area contributed by atoms with Gasteiger partial charge in [0.2, 0.25) is 0 Å². The maximum Gasteiger partial charge on any atom is 0.323 e. The smallest absolute Gasteiger partial charge is 0.323 e. The van der Waals surface area contributed by atoms with Crippen molar-refractivity contribution in [2.24, 2.45) is 0 Å². The van der Waals surface area contributed by atoms with Gasteiger partial charge in [-0.1, -0.05) is 6.07 Å². The van der Waals surface area contributed by atoms with Gasteiger partial charge in [0.15, 0.2) is 0 Å². The van der Waals surface area contributed by atoms with Crippen molar-refractivity contribution in [2.45, 2.75) is 0 Å². The number of aromatic nitrogens is 3. The zero-order chi connectivity index (χ0) is 24.9. The lowest BCUT2D eigenvalue weighted by atomic mass is 10.2. The Morgan fingerprint density at radius 2 is 1.86 bits per heavy atom. The van der Waals surface area contributed by atoms with Gasteiger partial charge in [-0.25, -0.2) is 9.18 Å². The number of hydrogen-bond acceptors (Lipinski definition) is 6. The van der Waals surface area contributed by atoms with Crippen molar-refractivity contribution >= 4 is 23.1 Å². The number of anilines is 3. The topological polar surface area (TPSA) is 98.4 Å². The van der Waals surface area contributed by atoms with E-state index in [-0.39, 0.29) is 5.69 Å². The first-order chi connectivity index (χ1) is 17.5. The highest BCUT2D eigenvalue weighted by molar-refractivity contribution is 6.00. The number of hydrogen-bond donors (Lipinski definition) is 3. The summed E-state index contributed by atoms with van der Waals surface area (Å²) in [5, 5.41) is 12.0. The maximum atomic E-state index is 14.5. The van der Waals surface area contributed by atoms with E-state index in [1.807, 2.05) is 18.2 Å². The van der Waals surface area contributed by atoms with E-state index in [2.05, 4.69) is 42.7 Å². The molecule has 0 unspecified atom stereocenters. The van der Waals surface area contributed by atoms with Crippen molar-refractivity contribution in [3.63, 3.8) is 0 Å². The second kappa shape index (κ2) is 10.4. The number of carbonyl (C=O) groups is 1. The van der Waals surface area contributed by atoms with Gasteiger partial charge in [-0.2, -0.15) is 5.10 Å². The summed E-state index contributed by atoms with van der Waals surface area (Å²) >= 11 is 0. The number of halogens is 1. The molecule has 3 N–H and O–H groups in total. The molecule has 9 nitrogen and oxygen atoms in total. The van der Waals surface area contributed by atoms with Crippen molar-refractivity contribution in [3.8, 4) is 22.8 Å². The fraction of sp³-hybridized carbons (Fsp3) is 0.192. The Bertz CT molecular complexity index is 1340. The van der Waals surface area contributed by atoms with Gasteiger partial charge in [-0.3, -0.25) is 10.1 Å². The molecule has 4 aromatic rings. The third kappa shape index (κ3) is 5.61. The van der Waals surface area contributed by atoms with Crippen LogP contribution in [0.15, 0.2) is 73.2 Å². The molecule has 184 valence electrons. The number of aromatic amines is 1. The summed E-state index contributed by atoms with van der Waals surface area (Å²) in [6.07, 6.45) is 5.00. The largest absolute Gasteiger partial charge is 0.457 e. The molecule has 0 aliphatic carbocycles. The predicted molar refractivity (Wildman–Crippen MR) is 137 cm³/mol. The Labute approximate surface area is 207 Å². The van der Waals surface area contributed by atoms with E-state index in [1.165, 1.54) is 18.2 Å². The minimum atomic E-state index is -0.572. The molecule has 2 aromatic heterocycles. The number of ether oxygens (including phenoxy) is 1. The molecule has 0 bridgehead atoms. The van der Waals surface area contributed by atoms with E-state index in [0.29, 0.717) is 22.9 Å². The van der Waals surface area contributed by atoms with Gasteiger partial charge in [0.05, 0.1) is 17.6 Å². The standard InChI is InChI=1S/C26H26FN7O2/c1-33-9-11-34(12-10-33)20-4-2-3-19(13-20)31-26(35)32-25-15-21(5-6-23(25)27)36-22-7-8-28-24(14-22)18-16-29-30-17-18/h2-8,13-17H,9-12H2,1H3,(H,29,30)(H2,31,32,35). The van der Waals surface area contributed by atoms with E-state index in [0.717, 1.165) is 37.4 Å². The van der Waals surface area contributed by atoms with Gasteiger partial charge in [0.25, 0.3) is 0 Å². The summed E-state index contributed by atoms with van der Waals surface area (Å²) in [5.74, 6) is 0.314. The molecule has 1 aliphatic rings. The van der Waals surface area contributed by atoms with Gasteiger partial charge in [0, 0.05) is 67.6 Å². The summed E-state index contributed by atoms with van der Waals surface area (Å²) in [7, 11) is 2.11. The molecule has 0 spiro atoms. The summed E-state index contributed by atoms with van der Waals surface area (Å²) in [5.41, 5.74) is 3.16. The number of nitrogens with one attached hydrogen (secondary N) is 3. The number of piperazine rings is 1. The highest BCUT2D eigenvalue weighted by Crippen LogP contribution is 2.28. The van der Waals surface area contributed by atoms with E-state index in [1.54, 1.807) is 36.8 Å². The molecule has 1 fully saturated rings. The Morgan fingerprint density at radius 3 is 2.67 bits per heavy atom. The normalized spacial score (nSPS) is 13.9. The number of H-pyrrole nitrogens is 1. The van der Waals surface area contributed by atoms with Crippen LogP contribution in [-0.2, 0) is 0 Å². The summed E-state index contributed by atoms with van der Waals surface area (Å²) < 4.78 is 20.4. The summed E-state index contributed by atoms with van der Waals surface area (Å²) in [6, 6.07) is 14.7. The van der Waals surface area contributed by atoms with Crippen LogP contribution in [0.2, 0.25) is 0 Å². The fourth-order valence-electron chi connectivity index (χ4n) is 3.95. The number of carbonyl (C=O) groups excluding carboxylic acids is 1. The summed E-state index contributed by atoms with van der Waals surface area (Å²) in [4.78, 5) is 21.5. The molecular formula is C26H26FN7O2. The molecule has 2 amide bonds. The third-order valence-corrected chi connectivity index (χ3v) is 5.92. The van der Waals surface area contributed by atoms with E-state index in [4.69, 9.17) is 4.74 Å². The minimum absolute atomic E-state index is 0.00402. The van der Waals surface area contributed by atoms with Crippen molar-refractivity contribution in [1.29, 1.82) is 0 Å². The molecule has 36 heavy (non-hydrogen) atoms. The number of benzene rings is 2. The SMILES string of the molecule is CN1CCN(c2cccc(NC(=O)Nc3cc(Oc4ccnc(-c5cn[nH]c5)c4)ccc3F)c2)CC1. The first-order valence-corrected chi connectivity index (χ1v) is 11.6. The average Bonchev–Trinajstić information content (AvgIpc) is 3.42. The Hall–Kier alpha value is -4.44. The van der Waals surface area contributed by atoms with Crippen LogP contribution in [-0.4, -0.2) is 59.3 Å². The molecule has 10 heteroatoms. The minimum Gasteiger partial charge on any atom is -0.457 e. The zero-order valence-corrected chi connectivity index (χ0v) is 19.7. The molecule has 2 aromatic carbocycles. The van der Waals surface area contributed by atoms with Crippen LogP contribution in [0.5, 0.6) is 11.5 Å². The lowest BCUT2D eigenvalue weighted by Gasteiger charge is -2.34. The van der Waals surface area contributed by atoms with Crippen LogP contribution in [0.25, 0.3) is 11.3 Å². The molecule has 1 aliphatic heterocycles. The van der Waals surface area contributed by atoms with E-state index >= 15 is 0 Å². The number of pyridine rings is 1. The molecule has 3 heterocycles. The lowest BCUT2D eigenvalue weighted by Crippen LogP contribution is -2.44. The summed E-state index contributed by atoms with van der Waals surface area (Å²) in [6.45, 7) is 3.82. The van der Waals surface area contributed by atoms with Gasteiger partial charge in [-0.15, -0.1) is 0 Å². The first kappa shape index (κ1) is 23.3. The van der Waals surface area contributed by atoms with Gasteiger partial charge < -0.3 is 25.2 Å². The van der Waals surface area contributed by atoms with E-state index in [9.17, 15) is 9.18 Å². The second-order valence-corrected chi connectivity index (χ2v) is 8.53. The molecule has 0 atom stereocenters. The van der Waals surface area contributed by atoms with E-state index < -0.39 is 11.8 Å². The third-order valence-electron chi connectivity index (χ3n) is 5.92. The van der Waals surface area contributed by atoms with Crippen LogP contribution in [0.3, 0.4) is 0 Å². The van der Waals surface area contributed by atoms with Crippen molar-refractivity contribution in [1.82, 2.24) is 20.1 Å². The van der Waals surface area contributed by atoms with Crippen LogP contribution in [0, 0.1) is 5.82 Å². The van der Waals surface area contributed by atoms with Crippen molar-refractivity contribution in [2.75, 3.05) is 48.8 Å². The number of rotatable bonds is 6. The number of urea groups is 1. The monoisotopic (exact) mass is 487 g/mol. The Balaban J connectivity index is 1.24. The van der Waals surface area contributed by atoms with Crippen LogP contribution >= 0.6 is 0 Å². The van der Waals surface area contributed by atoms with Crippen molar-refractivity contribution in [3.05, 3.63) is 79.0 Å². The van der Waals surface area contributed by atoms with Crippen molar-refractivity contribution < 1.29 is 13.9 Å². The Kier molecular flexibility index (Phi) is 6.76. The highest BCUT2D eigenvalue weighted by atomic mass is 19.1. The highest BCUT2D eigenvalue weighted by Gasteiger charge is 2.15. The molecule has 0 radical (unpaired) electrons. The number of nitrogens with zero attached hydrogens (tertiary/aromatic N) is 4. The molecule has 1 saturated heterocycles. The number of amides is 2. The quantitative estimate of drug-likeness (QED) is 0.362. The predicted octanol–water partition coefficient (Wildman–Crippen LogP) is 4.80. The van der Waals surface area contributed by atoms with Crippen LogP contribution in [0.1, 0.15) is 0 Å². The van der Waals surface area contributed by atoms with Gasteiger partial charge in [0.1, 0.15) is 17.3 Å². The van der Waals surface area contributed by atoms with Crippen LogP contribution in [0.4, 0.5) is 26.2 Å². The lowest BCUT2D eigenvalue weighted by molar-refractivity contribution is 0.262. The maximum absolute atomic E-state index is 14.5. The molecule has 5 rings (SSSR count). The number of likely N-dealkylation sites (N-methyl/N-ethyl adjacent to an activating group) is 1. The second-order valence-electron chi connectivity index (χ2n) is 8.53. The average molecular weight is 488 g/mol. The van der Waals surface area contributed by atoms with Gasteiger partial charge in [-0.05, 0) is 43.4 Å². The van der Waals surface area contributed by atoms with Gasteiger partial charge >= 0.3 is 6.03 Å². The first-order valence-electron chi connectivity index (χ1n) is 11.6. The zero-order valence-electron chi connectivity index (χ0n) is 19.7. The fourth-order valence-corrected chi connectivity index (χ4v) is 3.95. The molecule has 0 saturated carbocycles.